The van der Waals surface area contributed by atoms with E-state index in [0.29, 0.717) is 10.5 Å². The Labute approximate surface area is 174 Å². The summed E-state index contributed by atoms with van der Waals surface area (Å²) in [7, 11) is -2.48. The maximum atomic E-state index is 12.8. The molecule has 0 saturated heterocycles. The highest BCUT2D eigenvalue weighted by Gasteiger charge is 2.24. The van der Waals surface area contributed by atoms with Gasteiger partial charge in [0.1, 0.15) is 5.52 Å². The lowest BCUT2D eigenvalue weighted by Crippen LogP contribution is -2.38. The van der Waals surface area contributed by atoms with Crippen LogP contribution >= 0.6 is 11.6 Å². The fraction of sp³-hybridized carbons (Fsp3) is 0.316. The van der Waals surface area contributed by atoms with Crippen LogP contribution in [0.1, 0.15) is 25.5 Å². The van der Waals surface area contributed by atoms with Crippen LogP contribution < -0.4 is 5.32 Å². The summed E-state index contributed by atoms with van der Waals surface area (Å²) in [6.45, 7) is 3.92. The normalized spacial score (nSPS) is 12.1. The van der Waals surface area contributed by atoms with Gasteiger partial charge < -0.3 is 5.32 Å². The van der Waals surface area contributed by atoms with E-state index < -0.39 is 15.9 Å². The van der Waals surface area contributed by atoms with Crippen LogP contribution in [0.3, 0.4) is 0 Å². The van der Waals surface area contributed by atoms with Crippen molar-refractivity contribution in [3.05, 3.63) is 53.1 Å². The molecule has 1 aromatic heterocycles. The first kappa shape index (κ1) is 21.2. The van der Waals surface area contributed by atoms with Crippen molar-refractivity contribution in [3.8, 4) is 0 Å². The number of carbonyl (C=O) groups is 1. The molecule has 8 nitrogen and oxygen atoms in total. The molecule has 0 aliphatic carbocycles. The molecule has 3 aromatic rings. The minimum Gasteiger partial charge on any atom is -0.351 e. The average Bonchev–Trinajstić information content (AvgIpc) is 3.11. The summed E-state index contributed by atoms with van der Waals surface area (Å²) in [5.74, 6) is -0.405. The number of likely N-dealkylation sites (N-methyl/N-ethyl adjacent to an activating group) is 1. The SMILES string of the molecule is CC(C)n1nnc2cc(S(=O)(=O)N(C)CC(=O)NCc3ccc(Cl)cc3)ccc21. The molecule has 0 aliphatic heterocycles. The maximum Gasteiger partial charge on any atom is 0.243 e. The zero-order chi connectivity index (χ0) is 21.2. The molecule has 2 aromatic carbocycles. The Hall–Kier alpha value is -2.49. The van der Waals surface area contributed by atoms with Gasteiger partial charge in [0.15, 0.2) is 0 Å². The van der Waals surface area contributed by atoms with E-state index in [9.17, 15) is 13.2 Å². The van der Waals surface area contributed by atoms with Crippen LogP contribution in [0.4, 0.5) is 0 Å². The summed E-state index contributed by atoms with van der Waals surface area (Å²) in [5.41, 5.74) is 2.11. The molecule has 1 N–H and O–H groups in total. The van der Waals surface area contributed by atoms with Crippen molar-refractivity contribution in [2.24, 2.45) is 0 Å². The van der Waals surface area contributed by atoms with Crippen molar-refractivity contribution in [3.63, 3.8) is 0 Å². The number of carbonyl (C=O) groups excluding carboxylic acids is 1. The topological polar surface area (TPSA) is 97.2 Å². The number of aromatic nitrogens is 3. The number of sulfonamides is 1. The number of fused-ring (bicyclic) bond motifs is 1. The van der Waals surface area contributed by atoms with Gasteiger partial charge in [-0.3, -0.25) is 4.79 Å². The predicted octanol–water partition coefficient (Wildman–Crippen LogP) is 2.60. The van der Waals surface area contributed by atoms with Crippen LogP contribution in [0.5, 0.6) is 0 Å². The second-order valence-corrected chi connectivity index (χ2v) is 9.42. The molecule has 1 amide bonds. The second-order valence-electron chi connectivity index (χ2n) is 6.94. The summed E-state index contributed by atoms with van der Waals surface area (Å²) in [6.07, 6.45) is 0. The van der Waals surface area contributed by atoms with Crippen LogP contribution in [0.25, 0.3) is 11.0 Å². The van der Waals surface area contributed by atoms with Gasteiger partial charge in [0.25, 0.3) is 0 Å². The highest BCUT2D eigenvalue weighted by molar-refractivity contribution is 7.89. The Morgan fingerprint density at radius 1 is 1.21 bits per heavy atom. The molecule has 0 radical (unpaired) electrons. The Morgan fingerprint density at radius 3 is 2.55 bits per heavy atom. The molecule has 3 rings (SSSR count). The molecule has 0 unspecified atom stereocenters. The molecule has 10 heteroatoms. The molecule has 0 spiro atoms. The van der Waals surface area contributed by atoms with Crippen molar-refractivity contribution in [2.75, 3.05) is 13.6 Å². The fourth-order valence-electron chi connectivity index (χ4n) is 2.79. The standard InChI is InChI=1S/C19H22ClN5O3S/c1-13(2)25-18-9-8-16(10-17(18)22-23-25)29(27,28)24(3)12-19(26)21-11-14-4-6-15(20)7-5-14/h4-10,13H,11-12H2,1-3H3,(H,21,26). The number of nitrogens with zero attached hydrogens (tertiary/aromatic N) is 4. The zero-order valence-electron chi connectivity index (χ0n) is 16.3. The molecule has 0 atom stereocenters. The Morgan fingerprint density at radius 2 is 1.90 bits per heavy atom. The average molecular weight is 436 g/mol. The smallest absolute Gasteiger partial charge is 0.243 e. The van der Waals surface area contributed by atoms with Gasteiger partial charge in [-0.05, 0) is 49.7 Å². The van der Waals surface area contributed by atoms with Crippen molar-refractivity contribution in [1.29, 1.82) is 0 Å². The first-order valence-electron chi connectivity index (χ1n) is 9.01. The maximum absolute atomic E-state index is 12.8. The third kappa shape index (κ3) is 4.75. The first-order valence-corrected chi connectivity index (χ1v) is 10.8. The Kier molecular flexibility index (Phi) is 6.21. The van der Waals surface area contributed by atoms with Gasteiger partial charge in [-0.25, -0.2) is 13.1 Å². The predicted molar refractivity (Wildman–Crippen MR) is 111 cm³/mol. The largest absolute Gasteiger partial charge is 0.351 e. The molecule has 1 heterocycles. The van der Waals surface area contributed by atoms with Crippen LogP contribution in [0.15, 0.2) is 47.4 Å². The van der Waals surface area contributed by atoms with Gasteiger partial charge in [0.2, 0.25) is 15.9 Å². The lowest BCUT2D eigenvalue weighted by atomic mass is 10.2. The Balaban J connectivity index is 1.69. The quantitative estimate of drug-likeness (QED) is 0.615. The van der Waals surface area contributed by atoms with E-state index in [1.807, 2.05) is 13.8 Å². The molecule has 0 bridgehead atoms. The third-order valence-corrected chi connectivity index (χ3v) is 6.46. The van der Waals surface area contributed by atoms with Gasteiger partial charge in [-0.2, -0.15) is 4.31 Å². The molecule has 0 aliphatic rings. The summed E-state index contributed by atoms with van der Waals surface area (Å²) >= 11 is 5.83. The van der Waals surface area contributed by atoms with Crippen LogP contribution in [0, 0.1) is 0 Å². The summed E-state index contributed by atoms with van der Waals surface area (Å²) in [6, 6.07) is 11.8. The van der Waals surface area contributed by atoms with E-state index in [1.165, 1.54) is 19.2 Å². The van der Waals surface area contributed by atoms with Gasteiger partial charge >= 0.3 is 0 Å². The number of benzene rings is 2. The van der Waals surface area contributed by atoms with Crippen molar-refractivity contribution in [1.82, 2.24) is 24.6 Å². The third-order valence-electron chi connectivity index (χ3n) is 4.41. The van der Waals surface area contributed by atoms with Gasteiger partial charge in [0, 0.05) is 24.7 Å². The monoisotopic (exact) mass is 435 g/mol. The summed E-state index contributed by atoms with van der Waals surface area (Å²) < 4.78 is 28.4. The molecular weight excluding hydrogens is 414 g/mol. The number of rotatable bonds is 7. The minimum absolute atomic E-state index is 0.0637. The second kappa shape index (κ2) is 8.48. The molecule has 154 valence electrons. The highest BCUT2D eigenvalue weighted by Crippen LogP contribution is 2.21. The van der Waals surface area contributed by atoms with Crippen LogP contribution in [0.2, 0.25) is 5.02 Å². The fourth-order valence-corrected chi connectivity index (χ4v) is 4.06. The Bertz CT molecular complexity index is 1130. The lowest BCUT2D eigenvalue weighted by molar-refractivity contribution is -0.121. The molecule has 0 fully saturated rings. The first-order chi connectivity index (χ1) is 13.7. The highest BCUT2D eigenvalue weighted by atomic mass is 35.5. The van der Waals surface area contributed by atoms with Crippen molar-refractivity contribution in [2.45, 2.75) is 31.3 Å². The number of hydrogen-bond donors (Lipinski definition) is 1. The minimum atomic E-state index is -3.85. The number of hydrogen-bond acceptors (Lipinski definition) is 5. The molecule has 29 heavy (non-hydrogen) atoms. The van der Waals surface area contributed by atoms with E-state index in [-0.39, 0.29) is 24.0 Å². The van der Waals surface area contributed by atoms with Crippen LogP contribution in [-0.2, 0) is 21.4 Å². The number of amides is 1. The molecule has 0 saturated carbocycles. The van der Waals surface area contributed by atoms with Crippen LogP contribution in [-0.4, -0.2) is 47.2 Å². The summed E-state index contributed by atoms with van der Waals surface area (Å²) in [4.78, 5) is 12.3. The number of nitrogens with one attached hydrogen (secondary N) is 1. The lowest BCUT2D eigenvalue weighted by Gasteiger charge is -2.17. The van der Waals surface area contributed by atoms with Crippen molar-refractivity contribution >= 4 is 38.6 Å². The van der Waals surface area contributed by atoms with E-state index in [0.717, 1.165) is 15.4 Å². The van der Waals surface area contributed by atoms with Gasteiger partial charge in [-0.1, -0.05) is 28.9 Å². The number of halogens is 1. The summed E-state index contributed by atoms with van der Waals surface area (Å²) in [5, 5.41) is 11.4. The van der Waals surface area contributed by atoms with E-state index in [4.69, 9.17) is 11.6 Å². The van der Waals surface area contributed by atoms with Gasteiger partial charge in [0.05, 0.1) is 17.0 Å². The van der Waals surface area contributed by atoms with E-state index in [2.05, 4.69) is 15.6 Å². The zero-order valence-corrected chi connectivity index (χ0v) is 17.9. The van der Waals surface area contributed by atoms with E-state index in [1.54, 1.807) is 35.0 Å². The van der Waals surface area contributed by atoms with Crippen molar-refractivity contribution < 1.29 is 13.2 Å². The molecular formula is C19H22ClN5O3S. The van der Waals surface area contributed by atoms with Gasteiger partial charge in [-0.15, -0.1) is 5.10 Å². The van der Waals surface area contributed by atoms with E-state index >= 15 is 0 Å².